The van der Waals surface area contributed by atoms with Crippen LogP contribution in [0.4, 0.5) is 13.2 Å². The molecule has 0 aromatic heterocycles. The van der Waals surface area contributed by atoms with Crippen molar-refractivity contribution in [3.63, 3.8) is 0 Å². The van der Waals surface area contributed by atoms with Crippen LogP contribution in [-0.2, 0) is 17.6 Å². The third-order valence-electron chi connectivity index (χ3n) is 3.32. The molecule has 0 aliphatic carbocycles. The standard InChI is InChI=1S/C17H14F3NO4/c18-17(19,20)13-6-3-5-11(8-13)15(9-22)21-25-10-12-4-1-2-7-14(12)16(23)24/h1-8,22H,9-10H2,(H,23,24)/b21-15+. The molecule has 0 fully saturated rings. The van der Waals surface area contributed by atoms with Gasteiger partial charge in [0.05, 0.1) is 17.7 Å². The van der Waals surface area contributed by atoms with E-state index in [1.54, 1.807) is 12.1 Å². The van der Waals surface area contributed by atoms with Crippen LogP contribution < -0.4 is 0 Å². The Balaban J connectivity index is 2.18. The fourth-order valence-electron chi connectivity index (χ4n) is 2.08. The quantitative estimate of drug-likeness (QED) is 0.617. The zero-order valence-corrected chi connectivity index (χ0v) is 12.8. The van der Waals surface area contributed by atoms with Gasteiger partial charge in [-0.15, -0.1) is 0 Å². The van der Waals surface area contributed by atoms with Gasteiger partial charge in [-0.2, -0.15) is 13.2 Å². The first-order valence-corrected chi connectivity index (χ1v) is 7.11. The molecule has 132 valence electrons. The van der Waals surface area contributed by atoms with Gasteiger partial charge in [0, 0.05) is 11.1 Å². The van der Waals surface area contributed by atoms with Crippen LogP contribution >= 0.6 is 0 Å². The number of hydrogen-bond acceptors (Lipinski definition) is 4. The summed E-state index contributed by atoms with van der Waals surface area (Å²) in [7, 11) is 0. The smallest absolute Gasteiger partial charge is 0.416 e. The molecule has 0 unspecified atom stereocenters. The van der Waals surface area contributed by atoms with E-state index in [1.165, 1.54) is 24.3 Å². The molecule has 0 heterocycles. The molecule has 2 aromatic rings. The molecule has 2 rings (SSSR count). The number of carboxylic acid groups (broad SMARTS) is 1. The Morgan fingerprint density at radius 2 is 1.84 bits per heavy atom. The summed E-state index contributed by atoms with van der Waals surface area (Å²) in [6, 6.07) is 10.4. The maximum atomic E-state index is 12.7. The number of oxime groups is 1. The molecular formula is C17H14F3NO4. The van der Waals surface area contributed by atoms with Gasteiger partial charge in [0.15, 0.2) is 0 Å². The predicted octanol–water partition coefficient (Wildman–Crippen LogP) is 3.32. The Morgan fingerprint density at radius 1 is 1.12 bits per heavy atom. The van der Waals surface area contributed by atoms with E-state index in [4.69, 9.17) is 9.94 Å². The van der Waals surface area contributed by atoms with Crippen LogP contribution in [0, 0.1) is 0 Å². The van der Waals surface area contributed by atoms with Crippen molar-refractivity contribution in [3.8, 4) is 0 Å². The van der Waals surface area contributed by atoms with Gasteiger partial charge < -0.3 is 15.1 Å². The van der Waals surface area contributed by atoms with Crippen LogP contribution in [0.2, 0.25) is 0 Å². The van der Waals surface area contributed by atoms with E-state index in [2.05, 4.69) is 5.16 Å². The first-order valence-electron chi connectivity index (χ1n) is 7.11. The zero-order chi connectivity index (χ0) is 18.4. The van der Waals surface area contributed by atoms with Crippen molar-refractivity contribution in [1.82, 2.24) is 0 Å². The molecule has 0 saturated heterocycles. The maximum absolute atomic E-state index is 12.7. The van der Waals surface area contributed by atoms with Crippen molar-refractivity contribution >= 4 is 11.7 Å². The minimum absolute atomic E-state index is 0.0299. The van der Waals surface area contributed by atoms with Crippen molar-refractivity contribution in [2.24, 2.45) is 5.16 Å². The van der Waals surface area contributed by atoms with E-state index in [-0.39, 0.29) is 23.4 Å². The number of aliphatic hydroxyl groups excluding tert-OH is 1. The van der Waals surface area contributed by atoms with Gasteiger partial charge in [-0.3, -0.25) is 0 Å². The summed E-state index contributed by atoms with van der Waals surface area (Å²) in [5, 5.41) is 22.0. The van der Waals surface area contributed by atoms with Crippen LogP contribution in [-0.4, -0.2) is 28.5 Å². The number of rotatable bonds is 6. The molecule has 25 heavy (non-hydrogen) atoms. The lowest BCUT2D eigenvalue weighted by atomic mass is 10.1. The van der Waals surface area contributed by atoms with Gasteiger partial charge in [-0.05, 0) is 18.2 Å². The van der Waals surface area contributed by atoms with Crippen LogP contribution in [0.1, 0.15) is 27.0 Å². The zero-order valence-electron chi connectivity index (χ0n) is 12.8. The average Bonchev–Trinajstić information content (AvgIpc) is 2.58. The first kappa shape index (κ1) is 18.5. The summed E-state index contributed by atoms with van der Waals surface area (Å²) in [5.74, 6) is -1.14. The van der Waals surface area contributed by atoms with Crippen molar-refractivity contribution in [1.29, 1.82) is 0 Å². The fraction of sp³-hybridized carbons (Fsp3) is 0.176. The predicted molar refractivity (Wildman–Crippen MR) is 83.3 cm³/mol. The van der Waals surface area contributed by atoms with E-state index in [1.807, 2.05) is 0 Å². The Morgan fingerprint density at radius 3 is 2.48 bits per heavy atom. The van der Waals surface area contributed by atoms with Crippen LogP contribution in [0.15, 0.2) is 53.7 Å². The minimum Gasteiger partial charge on any atom is -0.478 e. The summed E-state index contributed by atoms with van der Waals surface area (Å²) < 4.78 is 38.2. The second-order valence-electron chi connectivity index (χ2n) is 5.01. The van der Waals surface area contributed by atoms with E-state index in [0.29, 0.717) is 5.56 Å². The number of nitrogens with zero attached hydrogens (tertiary/aromatic N) is 1. The SMILES string of the molecule is O=C(O)c1ccccc1CO/N=C(\CO)c1cccc(C(F)(F)F)c1. The molecule has 0 amide bonds. The van der Waals surface area contributed by atoms with Gasteiger partial charge in [-0.1, -0.05) is 35.5 Å². The normalized spacial score (nSPS) is 12.1. The molecule has 8 heteroatoms. The number of aliphatic hydroxyl groups is 1. The second-order valence-corrected chi connectivity index (χ2v) is 5.01. The van der Waals surface area contributed by atoms with E-state index in [0.717, 1.165) is 12.1 Å². The molecule has 0 aliphatic heterocycles. The molecular weight excluding hydrogens is 339 g/mol. The summed E-state index contributed by atoms with van der Waals surface area (Å²) >= 11 is 0. The van der Waals surface area contributed by atoms with Gasteiger partial charge in [-0.25, -0.2) is 4.79 Å². The van der Waals surface area contributed by atoms with Crippen LogP contribution in [0.3, 0.4) is 0 Å². The summed E-state index contributed by atoms with van der Waals surface area (Å²) in [4.78, 5) is 16.1. The Labute approximate surface area is 141 Å². The lowest BCUT2D eigenvalue weighted by molar-refractivity contribution is -0.137. The number of carbonyl (C=O) groups is 1. The monoisotopic (exact) mass is 353 g/mol. The number of hydrogen-bond donors (Lipinski definition) is 2. The van der Waals surface area contributed by atoms with Gasteiger partial charge in [0.25, 0.3) is 0 Å². The molecule has 2 N–H and O–H groups in total. The van der Waals surface area contributed by atoms with E-state index >= 15 is 0 Å². The van der Waals surface area contributed by atoms with Gasteiger partial charge in [0.1, 0.15) is 12.3 Å². The molecule has 0 atom stereocenters. The summed E-state index contributed by atoms with van der Waals surface area (Å²) in [6.07, 6.45) is -4.52. The number of benzene rings is 2. The maximum Gasteiger partial charge on any atom is 0.416 e. The largest absolute Gasteiger partial charge is 0.478 e. The Hall–Kier alpha value is -2.87. The van der Waals surface area contributed by atoms with Crippen molar-refractivity contribution in [2.45, 2.75) is 12.8 Å². The highest BCUT2D eigenvalue weighted by Crippen LogP contribution is 2.29. The molecule has 5 nitrogen and oxygen atoms in total. The number of carboxylic acids is 1. The van der Waals surface area contributed by atoms with Crippen LogP contribution in [0.5, 0.6) is 0 Å². The number of aromatic carboxylic acids is 1. The van der Waals surface area contributed by atoms with E-state index in [9.17, 15) is 23.1 Å². The molecule has 0 spiro atoms. The first-order chi connectivity index (χ1) is 11.8. The lowest BCUT2D eigenvalue weighted by Gasteiger charge is -2.10. The number of alkyl halides is 3. The van der Waals surface area contributed by atoms with Crippen molar-refractivity contribution in [2.75, 3.05) is 6.61 Å². The minimum atomic E-state index is -4.52. The Kier molecular flexibility index (Phi) is 5.76. The van der Waals surface area contributed by atoms with Crippen LogP contribution in [0.25, 0.3) is 0 Å². The number of halogens is 3. The third kappa shape index (κ3) is 4.80. The fourth-order valence-corrected chi connectivity index (χ4v) is 2.08. The van der Waals surface area contributed by atoms with Crippen molar-refractivity contribution < 1.29 is 33.0 Å². The average molecular weight is 353 g/mol. The topological polar surface area (TPSA) is 79.1 Å². The lowest BCUT2D eigenvalue weighted by Crippen LogP contribution is -2.11. The van der Waals surface area contributed by atoms with Crippen molar-refractivity contribution in [3.05, 3.63) is 70.8 Å². The van der Waals surface area contributed by atoms with Gasteiger partial charge >= 0.3 is 12.1 Å². The molecule has 2 aromatic carbocycles. The molecule has 0 aliphatic rings. The third-order valence-corrected chi connectivity index (χ3v) is 3.32. The molecule has 0 saturated carbocycles. The second kappa shape index (κ2) is 7.80. The van der Waals surface area contributed by atoms with E-state index < -0.39 is 24.3 Å². The molecule has 0 radical (unpaired) electrons. The summed E-state index contributed by atoms with van der Waals surface area (Å²) in [6.45, 7) is -0.840. The highest BCUT2D eigenvalue weighted by molar-refractivity contribution is 6.01. The highest BCUT2D eigenvalue weighted by Gasteiger charge is 2.30. The molecule has 0 bridgehead atoms. The highest BCUT2D eigenvalue weighted by atomic mass is 19.4. The summed E-state index contributed by atoms with van der Waals surface area (Å²) in [5.41, 5.74) is -0.535. The Bertz CT molecular complexity index is 787. The van der Waals surface area contributed by atoms with Gasteiger partial charge in [0.2, 0.25) is 0 Å².